The number of carbonyl (C=O) groups is 1. The van der Waals surface area contributed by atoms with Gasteiger partial charge in [-0.1, -0.05) is 12.2 Å². The fourth-order valence-electron chi connectivity index (χ4n) is 3.88. The smallest absolute Gasteiger partial charge is 0.330 e. The number of aromatic nitrogens is 2. The lowest BCUT2D eigenvalue weighted by atomic mass is 9.85. The van der Waals surface area contributed by atoms with Gasteiger partial charge in [0.2, 0.25) is 0 Å². The molecule has 0 aromatic carbocycles. The molecule has 0 spiro atoms. The van der Waals surface area contributed by atoms with Gasteiger partial charge in [0.05, 0.1) is 0 Å². The van der Waals surface area contributed by atoms with Crippen LogP contribution in [0.4, 0.5) is 0 Å². The summed E-state index contributed by atoms with van der Waals surface area (Å²) in [5.74, 6) is 0.791. The lowest BCUT2D eigenvalue weighted by molar-refractivity contribution is -0.150. The molecular weight excluding hydrogens is 278 g/mol. The highest BCUT2D eigenvalue weighted by atomic mass is 16.4. The van der Waals surface area contributed by atoms with Gasteiger partial charge in [0.15, 0.2) is 0 Å². The van der Waals surface area contributed by atoms with E-state index in [1.54, 1.807) is 6.20 Å². The van der Waals surface area contributed by atoms with Crippen molar-refractivity contribution >= 4 is 5.97 Å². The second kappa shape index (κ2) is 6.24. The number of carboxylic acids is 1. The molecule has 1 atom stereocenters. The maximum absolute atomic E-state index is 11.9. The van der Waals surface area contributed by atoms with Crippen LogP contribution in [0.2, 0.25) is 0 Å². The maximum Gasteiger partial charge on any atom is 0.330 e. The maximum atomic E-state index is 11.9. The molecule has 0 unspecified atom stereocenters. The average Bonchev–Trinajstić information content (AvgIpc) is 2.96. The predicted octanol–water partition coefficient (Wildman–Crippen LogP) is 2.42. The highest BCUT2D eigenvalue weighted by molar-refractivity contribution is 5.77. The minimum Gasteiger partial charge on any atom is -0.479 e. The summed E-state index contributed by atoms with van der Waals surface area (Å²) < 4.78 is 1.86. The number of aryl methyl sites for hydroxylation is 1. The molecule has 5 heteroatoms. The first kappa shape index (κ1) is 15.3. The number of hydrogen-bond acceptors (Lipinski definition) is 3. The number of likely N-dealkylation sites (tertiary alicyclic amines) is 1. The monoisotopic (exact) mass is 303 g/mol. The van der Waals surface area contributed by atoms with Crippen LogP contribution in [0, 0.1) is 12.8 Å². The zero-order valence-corrected chi connectivity index (χ0v) is 13.2. The average molecular weight is 303 g/mol. The summed E-state index contributed by atoms with van der Waals surface area (Å²) in [6.07, 6.45) is 13.0. The second-order valence-corrected chi connectivity index (χ2v) is 6.63. The Morgan fingerprint density at radius 3 is 2.73 bits per heavy atom. The Hall–Kier alpha value is -1.62. The zero-order valence-electron chi connectivity index (χ0n) is 13.2. The number of carboxylic acid groups (broad SMARTS) is 1. The van der Waals surface area contributed by atoms with Gasteiger partial charge in [-0.15, -0.1) is 0 Å². The van der Waals surface area contributed by atoms with Gasteiger partial charge in [-0.3, -0.25) is 0 Å². The first-order valence-electron chi connectivity index (χ1n) is 8.23. The SMILES string of the molecule is Cc1nccn1C1(C(=O)O)CCN(C[C@H]2CC=CCC2)CC1. The highest BCUT2D eigenvalue weighted by Gasteiger charge is 2.44. The van der Waals surface area contributed by atoms with Crippen molar-refractivity contribution in [3.05, 3.63) is 30.4 Å². The molecule has 0 radical (unpaired) electrons. The molecule has 22 heavy (non-hydrogen) atoms. The van der Waals surface area contributed by atoms with Crippen LogP contribution in [0.15, 0.2) is 24.5 Å². The van der Waals surface area contributed by atoms with Gasteiger partial charge in [0.25, 0.3) is 0 Å². The van der Waals surface area contributed by atoms with Gasteiger partial charge < -0.3 is 14.6 Å². The Labute approximate surface area is 131 Å². The van der Waals surface area contributed by atoms with Gasteiger partial charge >= 0.3 is 5.97 Å². The molecule has 0 bridgehead atoms. The van der Waals surface area contributed by atoms with Crippen molar-refractivity contribution in [2.24, 2.45) is 5.92 Å². The number of aliphatic carboxylic acids is 1. The van der Waals surface area contributed by atoms with E-state index in [1.165, 1.54) is 19.3 Å². The fourth-order valence-corrected chi connectivity index (χ4v) is 3.88. The molecule has 3 rings (SSSR count). The van der Waals surface area contributed by atoms with E-state index in [-0.39, 0.29) is 0 Å². The Morgan fingerprint density at radius 1 is 1.41 bits per heavy atom. The lowest BCUT2D eigenvalue weighted by Crippen LogP contribution is -2.52. The summed E-state index contributed by atoms with van der Waals surface area (Å²) in [6, 6.07) is 0. The van der Waals surface area contributed by atoms with Crippen molar-refractivity contribution in [2.75, 3.05) is 19.6 Å². The van der Waals surface area contributed by atoms with E-state index in [4.69, 9.17) is 0 Å². The van der Waals surface area contributed by atoms with Gasteiger partial charge in [-0.2, -0.15) is 0 Å². The Balaban J connectivity index is 1.67. The Bertz CT molecular complexity index is 556. The van der Waals surface area contributed by atoms with Crippen LogP contribution < -0.4 is 0 Å². The largest absolute Gasteiger partial charge is 0.479 e. The molecule has 120 valence electrons. The molecule has 1 saturated heterocycles. The van der Waals surface area contributed by atoms with Crippen molar-refractivity contribution in [2.45, 2.75) is 44.6 Å². The van der Waals surface area contributed by atoms with Crippen LogP contribution in [0.5, 0.6) is 0 Å². The van der Waals surface area contributed by atoms with Crippen LogP contribution in [0.1, 0.15) is 37.9 Å². The Kier molecular flexibility index (Phi) is 4.34. The van der Waals surface area contributed by atoms with E-state index in [1.807, 2.05) is 17.7 Å². The fraction of sp³-hybridized carbons (Fsp3) is 0.647. The number of imidazole rings is 1. The molecule has 5 nitrogen and oxygen atoms in total. The van der Waals surface area contributed by atoms with Gasteiger partial charge in [-0.25, -0.2) is 9.78 Å². The number of piperidine rings is 1. The summed E-state index contributed by atoms with van der Waals surface area (Å²) in [5, 5.41) is 9.82. The zero-order chi connectivity index (χ0) is 15.6. The van der Waals surface area contributed by atoms with Crippen molar-refractivity contribution in [1.29, 1.82) is 0 Å². The molecule has 1 aliphatic carbocycles. The second-order valence-electron chi connectivity index (χ2n) is 6.63. The number of nitrogens with zero attached hydrogens (tertiary/aromatic N) is 3. The topological polar surface area (TPSA) is 58.4 Å². The molecular formula is C17H25N3O2. The molecule has 0 saturated carbocycles. The molecule has 1 fully saturated rings. The summed E-state index contributed by atoms with van der Waals surface area (Å²) in [4.78, 5) is 18.6. The van der Waals surface area contributed by atoms with Crippen LogP contribution >= 0.6 is 0 Å². The van der Waals surface area contributed by atoms with Crippen LogP contribution in [-0.4, -0.2) is 45.2 Å². The molecule has 1 aromatic heterocycles. The third kappa shape index (κ3) is 2.82. The minimum atomic E-state index is -0.816. The third-order valence-corrected chi connectivity index (χ3v) is 5.26. The summed E-state index contributed by atoms with van der Waals surface area (Å²) >= 11 is 0. The van der Waals surface area contributed by atoms with E-state index in [2.05, 4.69) is 22.0 Å². The van der Waals surface area contributed by atoms with Crippen LogP contribution in [0.3, 0.4) is 0 Å². The van der Waals surface area contributed by atoms with Gasteiger partial charge in [-0.05, 0) is 44.9 Å². The van der Waals surface area contributed by atoms with E-state index < -0.39 is 11.5 Å². The van der Waals surface area contributed by atoms with Gasteiger partial charge in [0, 0.05) is 32.0 Å². The van der Waals surface area contributed by atoms with Crippen LogP contribution in [-0.2, 0) is 10.3 Å². The predicted molar refractivity (Wildman–Crippen MR) is 84.7 cm³/mol. The van der Waals surface area contributed by atoms with E-state index >= 15 is 0 Å². The molecule has 1 aromatic rings. The summed E-state index contributed by atoms with van der Waals surface area (Å²) in [6.45, 7) is 4.68. The number of rotatable bonds is 4. The summed E-state index contributed by atoms with van der Waals surface area (Å²) in [5.41, 5.74) is -0.816. The third-order valence-electron chi connectivity index (χ3n) is 5.26. The van der Waals surface area contributed by atoms with Crippen molar-refractivity contribution in [3.8, 4) is 0 Å². The normalized spacial score (nSPS) is 25.2. The van der Waals surface area contributed by atoms with Crippen molar-refractivity contribution in [1.82, 2.24) is 14.5 Å². The van der Waals surface area contributed by atoms with Crippen molar-refractivity contribution < 1.29 is 9.90 Å². The van der Waals surface area contributed by atoms with Gasteiger partial charge in [0.1, 0.15) is 11.4 Å². The Morgan fingerprint density at radius 2 is 2.18 bits per heavy atom. The van der Waals surface area contributed by atoms with E-state index in [9.17, 15) is 9.90 Å². The number of allylic oxidation sites excluding steroid dienone is 2. The molecule has 1 aliphatic heterocycles. The number of hydrogen-bond donors (Lipinski definition) is 1. The molecule has 2 heterocycles. The van der Waals surface area contributed by atoms with Crippen molar-refractivity contribution in [3.63, 3.8) is 0 Å². The first-order valence-corrected chi connectivity index (χ1v) is 8.23. The van der Waals surface area contributed by atoms with E-state index in [0.717, 1.165) is 31.4 Å². The molecule has 0 amide bonds. The quantitative estimate of drug-likeness (QED) is 0.868. The summed E-state index contributed by atoms with van der Waals surface area (Å²) in [7, 11) is 0. The highest BCUT2D eigenvalue weighted by Crippen LogP contribution is 2.32. The molecule has 2 aliphatic rings. The standard InChI is InChI=1S/C17H25N3O2/c1-14-18-9-12-20(14)17(16(21)22)7-10-19(11-8-17)13-15-5-3-2-4-6-15/h2-3,9,12,15H,4-8,10-11,13H2,1H3,(H,21,22)/t15-/m0/s1. The minimum absolute atomic E-state index is 0.655. The molecule has 1 N–H and O–H groups in total. The van der Waals surface area contributed by atoms with Crippen LogP contribution in [0.25, 0.3) is 0 Å². The first-order chi connectivity index (χ1) is 10.6. The lowest BCUT2D eigenvalue weighted by Gasteiger charge is -2.41. The van der Waals surface area contributed by atoms with E-state index in [0.29, 0.717) is 12.8 Å².